The van der Waals surface area contributed by atoms with Gasteiger partial charge in [-0.3, -0.25) is 4.21 Å². The third-order valence-corrected chi connectivity index (χ3v) is 3.24. The summed E-state index contributed by atoms with van der Waals surface area (Å²) in [6.07, 6.45) is 3.52. The molecule has 0 atom stereocenters. The summed E-state index contributed by atoms with van der Waals surface area (Å²) in [4.78, 5) is 0.892. The van der Waals surface area contributed by atoms with E-state index in [0.29, 0.717) is 0 Å². The molecule has 1 aromatic carbocycles. The van der Waals surface area contributed by atoms with Crippen LogP contribution in [0.2, 0.25) is 0 Å². The van der Waals surface area contributed by atoms with Crippen LogP contribution in [0.3, 0.4) is 0 Å². The predicted molar refractivity (Wildman–Crippen MR) is 52.6 cm³/mol. The number of hydrogen-bond donors (Lipinski definition) is 1. The van der Waals surface area contributed by atoms with Gasteiger partial charge in [-0.15, -0.1) is 0 Å². The van der Waals surface area contributed by atoms with Gasteiger partial charge >= 0.3 is 0 Å². The van der Waals surface area contributed by atoms with Gasteiger partial charge in [-0.05, 0) is 36.8 Å². The number of benzene rings is 1. The van der Waals surface area contributed by atoms with Crippen molar-refractivity contribution in [1.29, 1.82) is 0 Å². The molecule has 3 heteroatoms. The van der Waals surface area contributed by atoms with Gasteiger partial charge in [-0.1, -0.05) is 9.93 Å². The van der Waals surface area contributed by atoms with Gasteiger partial charge in [-0.25, -0.2) is 0 Å². The van der Waals surface area contributed by atoms with Crippen LogP contribution in [-0.4, -0.2) is 23.8 Å². The zero-order chi connectivity index (χ0) is 9.19. The highest BCUT2D eigenvalue weighted by molar-refractivity contribution is 8.01. The Kier molecular flexibility index (Phi) is 2.52. The van der Waals surface area contributed by atoms with E-state index in [1.807, 2.05) is 24.3 Å². The molecule has 0 fully saturated rings. The maximum Gasteiger partial charge on any atom is 0.118 e. The molecule has 0 aromatic heterocycles. The molecule has 0 saturated carbocycles. The molecule has 1 aromatic rings. The first-order chi connectivity index (χ1) is 5.54. The van der Waals surface area contributed by atoms with E-state index in [9.17, 15) is 4.21 Å². The van der Waals surface area contributed by atoms with Crippen molar-refractivity contribution in [3.8, 4) is 5.75 Å². The first-order valence-electron chi connectivity index (χ1n) is 3.73. The van der Waals surface area contributed by atoms with Crippen molar-refractivity contribution in [2.75, 3.05) is 19.6 Å². The molecule has 1 rings (SSSR count). The predicted octanol–water partition coefficient (Wildman–Crippen LogP) is 1.33. The average Bonchev–Trinajstić information content (AvgIpc) is 2.03. The normalized spacial score (nSPS) is 12.6. The smallest absolute Gasteiger partial charge is 0.118 e. The van der Waals surface area contributed by atoms with E-state index >= 15 is 0 Å². The van der Waals surface area contributed by atoms with E-state index in [1.165, 1.54) is 0 Å². The minimum Gasteiger partial charge on any atom is -0.497 e. The van der Waals surface area contributed by atoms with Gasteiger partial charge in [0.05, 0.1) is 7.11 Å². The zero-order valence-corrected chi connectivity index (χ0v) is 8.47. The molecule has 0 aliphatic heterocycles. The Bertz CT molecular complexity index is 297. The van der Waals surface area contributed by atoms with E-state index < -0.39 is 9.93 Å². The van der Waals surface area contributed by atoms with Crippen LogP contribution >= 0.6 is 0 Å². The Morgan fingerprint density at radius 3 is 2.00 bits per heavy atom. The minimum atomic E-state index is -2.10. The van der Waals surface area contributed by atoms with Gasteiger partial charge < -0.3 is 4.74 Å². The van der Waals surface area contributed by atoms with Crippen molar-refractivity contribution in [2.45, 2.75) is 4.90 Å². The number of hydrogen-bond acceptors (Lipinski definition) is 2. The summed E-state index contributed by atoms with van der Waals surface area (Å²) in [6.45, 7) is 0. The summed E-state index contributed by atoms with van der Waals surface area (Å²) in [6, 6.07) is 7.35. The van der Waals surface area contributed by atoms with E-state index in [-0.39, 0.29) is 0 Å². The highest BCUT2D eigenvalue weighted by Gasteiger charge is 2.03. The maximum absolute atomic E-state index is 11.6. The van der Waals surface area contributed by atoms with Gasteiger partial charge in [0, 0.05) is 4.90 Å². The van der Waals surface area contributed by atoms with Gasteiger partial charge in [0.15, 0.2) is 0 Å². The third-order valence-electron chi connectivity index (χ3n) is 1.69. The molecule has 0 bridgehead atoms. The molecule has 0 aliphatic carbocycles. The topological polar surface area (TPSA) is 26.3 Å². The van der Waals surface area contributed by atoms with E-state index in [1.54, 1.807) is 19.6 Å². The standard InChI is InChI=1S/C9H14O2S/c1-11-8-4-6-9(7-5-8)12(2,3)10/h4-7,12H,1-3H3. The Balaban J connectivity index is 3.01. The molecule has 0 radical (unpaired) electrons. The SMILES string of the molecule is COc1ccc([SH](C)(C)=O)cc1. The second-order valence-electron chi connectivity index (χ2n) is 3.05. The Morgan fingerprint density at radius 2 is 1.67 bits per heavy atom. The summed E-state index contributed by atoms with van der Waals surface area (Å²) in [5, 5.41) is 0. The van der Waals surface area contributed by atoms with Gasteiger partial charge in [-0.2, -0.15) is 0 Å². The summed E-state index contributed by atoms with van der Waals surface area (Å²) < 4.78 is 16.6. The lowest BCUT2D eigenvalue weighted by atomic mass is 10.3. The lowest BCUT2D eigenvalue weighted by Crippen LogP contribution is -2.05. The van der Waals surface area contributed by atoms with Crippen LogP contribution in [0.1, 0.15) is 0 Å². The highest BCUT2D eigenvalue weighted by Crippen LogP contribution is 2.17. The number of rotatable bonds is 2. The van der Waals surface area contributed by atoms with Crippen molar-refractivity contribution >= 4 is 9.93 Å². The Morgan fingerprint density at radius 1 is 1.17 bits per heavy atom. The fourth-order valence-corrected chi connectivity index (χ4v) is 1.81. The van der Waals surface area contributed by atoms with Crippen molar-refractivity contribution in [3.63, 3.8) is 0 Å². The van der Waals surface area contributed by atoms with Crippen LogP contribution in [0.4, 0.5) is 0 Å². The van der Waals surface area contributed by atoms with Crippen LogP contribution in [0.25, 0.3) is 0 Å². The lowest BCUT2D eigenvalue weighted by molar-refractivity contribution is 0.414. The van der Waals surface area contributed by atoms with Gasteiger partial charge in [0.2, 0.25) is 0 Å². The van der Waals surface area contributed by atoms with Crippen LogP contribution < -0.4 is 4.74 Å². The molecule has 2 nitrogen and oxygen atoms in total. The van der Waals surface area contributed by atoms with Crippen molar-refractivity contribution < 1.29 is 8.95 Å². The second kappa shape index (κ2) is 3.27. The molecular formula is C9H14O2S. The maximum atomic E-state index is 11.6. The number of thiol groups is 1. The second-order valence-corrected chi connectivity index (χ2v) is 6.27. The van der Waals surface area contributed by atoms with E-state index in [2.05, 4.69) is 0 Å². The van der Waals surface area contributed by atoms with Crippen LogP contribution in [0.15, 0.2) is 29.2 Å². The third kappa shape index (κ3) is 2.08. The first-order valence-corrected chi connectivity index (χ1v) is 6.34. The van der Waals surface area contributed by atoms with Crippen LogP contribution in [0, 0.1) is 0 Å². The van der Waals surface area contributed by atoms with Gasteiger partial charge in [0.1, 0.15) is 5.75 Å². The summed E-state index contributed by atoms with van der Waals surface area (Å²) in [5.74, 6) is 0.798. The molecule has 68 valence electrons. The minimum absolute atomic E-state index is 0.798. The van der Waals surface area contributed by atoms with Crippen LogP contribution in [-0.2, 0) is 9.93 Å². The molecule has 0 N–H and O–H groups in total. The molecule has 0 unspecified atom stereocenters. The Labute approximate surface area is 74.0 Å². The summed E-state index contributed by atoms with van der Waals surface area (Å²) >= 11 is 0. The fraction of sp³-hybridized carbons (Fsp3) is 0.333. The summed E-state index contributed by atoms with van der Waals surface area (Å²) in [5.41, 5.74) is 0. The highest BCUT2D eigenvalue weighted by atomic mass is 32.2. The largest absolute Gasteiger partial charge is 0.497 e. The number of ether oxygens (including phenoxy) is 1. The summed E-state index contributed by atoms with van der Waals surface area (Å²) in [7, 11) is -0.486. The monoisotopic (exact) mass is 186 g/mol. The van der Waals surface area contributed by atoms with Crippen molar-refractivity contribution in [3.05, 3.63) is 24.3 Å². The van der Waals surface area contributed by atoms with Crippen molar-refractivity contribution in [1.82, 2.24) is 0 Å². The molecule has 0 saturated heterocycles. The molecule has 0 aliphatic rings. The fourth-order valence-electron chi connectivity index (χ4n) is 0.941. The molecule has 0 heterocycles. The molecule has 0 spiro atoms. The van der Waals surface area contributed by atoms with E-state index in [0.717, 1.165) is 10.6 Å². The van der Waals surface area contributed by atoms with Crippen LogP contribution in [0.5, 0.6) is 5.75 Å². The first kappa shape index (κ1) is 9.26. The van der Waals surface area contributed by atoms with E-state index in [4.69, 9.17) is 4.74 Å². The number of methoxy groups -OCH3 is 1. The zero-order valence-electron chi connectivity index (χ0n) is 7.57. The average molecular weight is 186 g/mol. The molecule has 0 amide bonds. The Hall–Kier alpha value is -0.830. The molecule has 12 heavy (non-hydrogen) atoms. The quantitative estimate of drug-likeness (QED) is 0.705. The van der Waals surface area contributed by atoms with Crippen molar-refractivity contribution in [2.24, 2.45) is 0 Å². The van der Waals surface area contributed by atoms with Gasteiger partial charge in [0.25, 0.3) is 0 Å². The lowest BCUT2D eigenvalue weighted by Gasteiger charge is -2.12. The molecular weight excluding hydrogens is 172 g/mol.